The van der Waals surface area contributed by atoms with E-state index in [-0.39, 0.29) is 6.54 Å². The Morgan fingerprint density at radius 1 is 1.37 bits per heavy atom. The number of carbonyl (C=O) groups is 1. The fourth-order valence-corrected chi connectivity index (χ4v) is 4.79. The van der Waals surface area contributed by atoms with Gasteiger partial charge >= 0.3 is 5.97 Å². The van der Waals surface area contributed by atoms with E-state index < -0.39 is 32.4 Å². The second kappa shape index (κ2) is 4.31. The predicted octanol–water partition coefficient (Wildman–Crippen LogP) is 0.535. The van der Waals surface area contributed by atoms with E-state index in [4.69, 9.17) is 5.73 Å². The summed E-state index contributed by atoms with van der Waals surface area (Å²) in [5, 5.41) is 8.44. The first-order chi connectivity index (χ1) is 8.75. The van der Waals surface area contributed by atoms with Crippen LogP contribution in [0.5, 0.6) is 0 Å². The zero-order valence-corrected chi connectivity index (χ0v) is 11.6. The number of carboxylic acids is 1. The number of aliphatic carboxylic acids is 1. The maximum absolute atomic E-state index is 11.8. The summed E-state index contributed by atoms with van der Waals surface area (Å²) in [6.07, 6.45) is 1.07. The molecule has 3 unspecified atom stereocenters. The number of carboxylic acid groups (broad SMARTS) is 1. The summed E-state index contributed by atoms with van der Waals surface area (Å²) >= 11 is 0. The van der Waals surface area contributed by atoms with Crippen molar-refractivity contribution in [3.8, 4) is 0 Å². The van der Waals surface area contributed by atoms with E-state index in [2.05, 4.69) is 0 Å². The smallest absolute Gasteiger partial charge is 0.312 e. The van der Waals surface area contributed by atoms with Gasteiger partial charge in [-0.15, -0.1) is 0 Å². The number of sulfone groups is 1. The lowest BCUT2D eigenvalue weighted by Crippen LogP contribution is -2.31. The summed E-state index contributed by atoms with van der Waals surface area (Å²) in [4.78, 5) is 11.5. The molecule has 0 saturated heterocycles. The van der Waals surface area contributed by atoms with Gasteiger partial charge in [0, 0.05) is 18.7 Å². The fraction of sp³-hybridized carbons (Fsp3) is 0.462. The molecule has 0 aliphatic heterocycles. The summed E-state index contributed by atoms with van der Waals surface area (Å²) in [5.41, 5.74) is 5.94. The Morgan fingerprint density at radius 3 is 2.21 bits per heavy atom. The van der Waals surface area contributed by atoms with Gasteiger partial charge in [0.25, 0.3) is 0 Å². The zero-order chi connectivity index (χ0) is 14.4. The lowest BCUT2D eigenvalue weighted by Gasteiger charge is -2.09. The Balaban J connectivity index is 2.50. The van der Waals surface area contributed by atoms with Crippen LogP contribution in [0.3, 0.4) is 0 Å². The summed E-state index contributed by atoms with van der Waals surface area (Å²) in [6.45, 7) is 1.73. The minimum absolute atomic E-state index is 0.182. The second-order valence-corrected chi connectivity index (χ2v) is 7.36. The molecule has 0 aromatic heterocycles. The molecule has 1 saturated carbocycles. The van der Waals surface area contributed by atoms with Crippen LogP contribution in [0.25, 0.3) is 0 Å². The summed E-state index contributed by atoms with van der Waals surface area (Å²) in [5.74, 6) is -1.71. The van der Waals surface area contributed by atoms with E-state index in [1.807, 2.05) is 19.1 Å². The highest BCUT2D eigenvalue weighted by atomic mass is 32.2. The number of benzene rings is 1. The molecular weight excluding hydrogens is 266 g/mol. The van der Waals surface area contributed by atoms with Gasteiger partial charge in [0.15, 0.2) is 9.84 Å². The Kier molecular flexibility index (Phi) is 3.18. The fourth-order valence-electron chi connectivity index (χ4n) is 2.87. The standard InChI is InChI=1S/C13H17NO4S/c1-8-3-5-9(6-4-8)10-11(19(2,17)18)13(10,7-14)12(15)16/h3-6,10-11H,7,14H2,1-2H3,(H,15,16). The van der Waals surface area contributed by atoms with E-state index in [0.29, 0.717) is 5.56 Å². The summed E-state index contributed by atoms with van der Waals surface area (Å²) in [6, 6.07) is 7.24. The number of rotatable bonds is 4. The maximum Gasteiger partial charge on any atom is 0.312 e. The third kappa shape index (κ3) is 2.04. The van der Waals surface area contributed by atoms with Gasteiger partial charge in [0.1, 0.15) is 5.41 Å². The van der Waals surface area contributed by atoms with Crippen LogP contribution >= 0.6 is 0 Å². The second-order valence-electron chi connectivity index (χ2n) is 5.19. The van der Waals surface area contributed by atoms with Crippen molar-refractivity contribution in [1.82, 2.24) is 0 Å². The maximum atomic E-state index is 11.8. The van der Waals surface area contributed by atoms with Crippen molar-refractivity contribution in [1.29, 1.82) is 0 Å². The van der Waals surface area contributed by atoms with Crippen LogP contribution < -0.4 is 5.73 Å². The Hall–Kier alpha value is -1.40. The topological polar surface area (TPSA) is 97.5 Å². The average Bonchev–Trinajstić information content (AvgIpc) is 3.00. The molecule has 3 N–H and O–H groups in total. The van der Waals surface area contributed by atoms with Gasteiger partial charge in [0.2, 0.25) is 0 Å². The van der Waals surface area contributed by atoms with E-state index >= 15 is 0 Å². The number of aryl methyl sites for hydroxylation is 1. The first-order valence-electron chi connectivity index (χ1n) is 5.94. The molecule has 0 heterocycles. The highest BCUT2D eigenvalue weighted by molar-refractivity contribution is 7.91. The highest BCUT2D eigenvalue weighted by Crippen LogP contribution is 2.62. The van der Waals surface area contributed by atoms with E-state index in [1.54, 1.807) is 12.1 Å². The van der Waals surface area contributed by atoms with Crippen LogP contribution in [0.15, 0.2) is 24.3 Å². The van der Waals surface area contributed by atoms with E-state index in [1.165, 1.54) is 0 Å². The first-order valence-corrected chi connectivity index (χ1v) is 7.89. The average molecular weight is 283 g/mol. The Labute approximate surface area is 112 Å². The normalized spacial score (nSPS) is 30.1. The molecule has 3 atom stereocenters. The minimum Gasteiger partial charge on any atom is -0.481 e. The molecule has 1 aliphatic carbocycles. The quantitative estimate of drug-likeness (QED) is 0.840. The molecule has 19 heavy (non-hydrogen) atoms. The van der Waals surface area contributed by atoms with Crippen LogP contribution in [0, 0.1) is 12.3 Å². The largest absolute Gasteiger partial charge is 0.481 e. The monoisotopic (exact) mass is 283 g/mol. The van der Waals surface area contributed by atoms with Crippen molar-refractivity contribution in [2.75, 3.05) is 12.8 Å². The molecule has 0 radical (unpaired) electrons. The van der Waals surface area contributed by atoms with Gasteiger partial charge in [-0.25, -0.2) is 8.42 Å². The molecule has 1 aromatic carbocycles. The van der Waals surface area contributed by atoms with E-state index in [0.717, 1.165) is 11.8 Å². The number of nitrogens with two attached hydrogens (primary N) is 1. The van der Waals surface area contributed by atoms with Gasteiger partial charge in [-0.1, -0.05) is 29.8 Å². The Morgan fingerprint density at radius 2 is 1.89 bits per heavy atom. The lowest BCUT2D eigenvalue weighted by atomic mass is 9.99. The van der Waals surface area contributed by atoms with Gasteiger partial charge in [0.05, 0.1) is 5.25 Å². The first kappa shape index (κ1) is 14.0. The van der Waals surface area contributed by atoms with Crippen molar-refractivity contribution in [3.05, 3.63) is 35.4 Å². The van der Waals surface area contributed by atoms with Crippen molar-refractivity contribution in [2.24, 2.45) is 11.1 Å². The van der Waals surface area contributed by atoms with Crippen LogP contribution in [0.1, 0.15) is 17.0 Å². The molecule has 6 heteroatoms. The SMILES string of the molecule is Cc1ccc(C2C(S(C)(=O)=O)C2(CN)C(=O)O)cc1. The van der Waals surface area contributed by atoms with Crippen LogP contribution in [-0.4, -0.2) is 37.5 Å². The van der Waals surface area contributed by atoms with Crippen LogP contribution in [0.4, 0.5) is 0 Å². The molecule has 1 aliphatic rings. The van der Waals surface area contributed by atoms with Crippen molar-refractivity contribution in [2.45, 2.75) is 18.1 Å². The molecule has 0 spiro atoms. The van der Waals surface area contributed by atoms with E-state index in [9.17, 15) is 18.3 Å². The molecular formula is C13H17NO4S. The molecule has 0 bridgehead atoms. The van der Waals surface area contributed by atoms with Gasteiger partial charge in [-0.2, -0.15) is 0 Å². The third-order valence-electron chi connectivity index (χ3n) is 3.89. The van der Waals surface area contributed by atoms with Crippen LogP contribution in [0.2, 0.25) is 0 Å². The Bertz CT molecular complexity index is 608. The van der Waals surface area contributed by atoms with Crippen molar-refractivity contribution in [3.63, 3.8) is 0 Å². The molecule has 5 nitrogen and oxygen atoms in total. The molecule has 104 valence electrons. The molecule has 2 rings (SSSR count). The lowest BCUT2D eigenvalue weighted by molar-refractivity contribution is -0.143. The molecule has 1 fully saturated rings. The minimum atomic E-state index is -3.46. The molecule has 0 amide bonds. The molecule has 1 aromatic rings. The van der Waals surface area contributed by atoms with Crippen molar-refractivity contribution < 1.29 is 18.3 Å². The third-order valence-corrected chi connectivity index (χ3v) is 5.51. The van der Waals surface area contributed by atoms with Crippen LogP contribution in [-0.2, 0) is 14.6 Å². The summed E-state index contributed by atoms with van der Waals surface area (Å²) < 4.78 is 23.6. The van der Waals surface area contributed by atoms with Gasteiger partial charge < -0.3 is 10.8 Å². The zero-order valence-electron chi connectivity index (χ0n) is 10.8. The number of hydrogen-bond acceptors (Lipinski definition) is 4. The highest BCUT2D eigenvalue weighted by Gasteiger charge is 2.74. The van der Waals surface area contributed by atoms with Gasteiger partial charge in [-0.3, -0.25) is 4.79 Å². The summed E-state index contributed by atoms with van der Waals surface area (Å²) in [7, 11) is -3.46. The predicted molar refractivity (Wildman–Crippen MR) is 71.7 cm³/mol. The van der Waals surface area contributed by atoms with Crippen molar-refractivity contribution >= 4 is 15.8 Å². The number of hydrogen-bond donors (Lipinski definition) is 2. The van der Waals surface area contributed by atoms with Gasteiger partial charge in [-0.05, 0) is 12.5 Å².